The van der Waals surface area contributed by atoms with Gasteiger partial charge in [0.05, 0.1) is 6.54 Å². The fraction of sp³-hybridized carbons (Fsp3) is 0.800. The van der Waals surface area contributed by atoms with Crippen LogP contribution in [0, 0.1) is 0 Å². The van der Waals surface area contributed by atoms with Crippen molar-refractivity contribution < 1.29 is 23.9 Å². The summed E-state index contributed by atoms with van der Waals surface area (Å²) < 4.78 is 9.61. The van der Waals surface area contributed by atoms with Crippen LogP contribution in [-0.2, 0) is 14.3 Å². The van der Waals surface area contributed by atoms with Crippen molar-refractivity contribution >= 4 is 12.2 Å². The summed E-state index contributed by atoms with van der Waals surface area (Å²) >= 11 is 0. The Balaban J connectivity index is 3.82. The fourth-order valence-corrected chi connectivity index (χ4v) is 0.849. The van der Waals surface area contributed by atoms with E-state index >= 15 is 0 Å². The quantitative estimate of drug-likeness (QED) is 0.543. The number of carbonyl (C=O) groups excluding carboxylic acids is 2. The monoisotopic (exact) mass is 248 g/mol. The van der Waals surface area contributed by atoms with Crippen molar-refractivity contribution in [3.63, 3.8) is 0 Å². The average molecular weight is 248 g/mol. The first-order valence-electron chi connectivity index (χ1n) is 5.35. The summed E-state index contributed by atoms with van der Waals surface area (Å²) in [5.74, 6) is 0. The normalized spacial score (nSPS) is 12.7. The van der Waals surface area contributed by atoms with Gasteiger partial charge in [0, 0.05) is 0 Å². The van der Waals surface area contributed by atoms with E-state index in [-0.39, 0.29) is 12.6 Å². The molecule has 0 saturated heterocycles. The highest BCUT2D eigenvalue weighted by Gasteiger charge is 2.22. The van der Waals surface area contributed by atoms with E-state index < -0.39 is 17.8 Å². The molecule has 0 aromatic carbocycles. The van der Waals surface area contributed by atoms with Crippen LogP contribution in [0.1, 0.15) is 34.1 Å². The zero-order valence-corrected chi connectivity index (χ0v) is 10.6. The zero-order valence-electron chi connectivity index (χ0n) is 10.6. The lowest BCUT2D eigenvalue weighted by Gasteiger charge is -2.23. The molecule has 1 unspecified atom stereocenters. The molecule has 0 aliphatic heterocycles. The van der Waals surface area contributed by atoms with E-state index in [0.717, 1.165) is 0 Å². The molecule has 0 aliphatic carbocycles. The molecule has 0 aromatic heterocycles. The Morgan fingerprint density at radius 3 is 2.47 bits per heavy atom. The van der Waals surface area contributed by atoms with Gasteiger partial charge in [-0.05, 0) is 27.2 Å². The molecule has 3 N–H and O–H groups in total. The van der Waals surface area contributed by atoms with Crippen molar-refractivity contribution in [1.82, 2.24) is 5.48 Å². The summed E-state index contributed by atoms with van der Waals surface area (Å²) in [5.41, 5.74) is 6.35. The second-order valence-electron chi connectivity index (χ2n) is 4.19. The molecule has 0 rings (SSSR count). The van der Waals surface area contributed by atoms with Gasteiger partial charge < -0.3 is 20.0 Å². The minimum Gasteiger partial charge on any atom is -0.442 e. The van der Waals surface area contributed by atoms with Gasteiger partial charge in [-0.2, -0.15) is 0 Å². The largest absolute Gasteiger partial charge is 0.527 e. The molecule has 1 amide bonds. The van der Waals surface area contributed by atoms with Gasteiger partial charge in [-0.15, -0.1) is 5.48 Å². The predicted molar refractivity (Wildman–Crippen MR) is 60.1 cm³/mol. The van der Waals surface area contributed by atoms with Crippen molar-refractivity contribution in [3.05, 3.63) is 0 Å². The number of hydrogen-bond acceptors (Lipinski definition) is 6. The molecule has 1 atom stereocenters. The highest BCUT2D eigenvalue weighted by Crippen LogP contribution is 2.07. The summed E-state index contributed by atoms with van der Waals surface area (Å²) in [7, 11) is 0. The Morgan fingerprint density at radius 2 is 2.00 bits per heavy atom. The molecular formula is C10H20N2O5. The van der Waals surface area contributed by atoms with Crippen LogP contribution in [-0.4, -0.2) is 30.5 Å². The molecule has 7 heteroatoms. The van der Waals surface area contributed by atoms with Crippen LogP contribution in [0.5, 0.6) is 0 Å². The second-order valence-corrected chi connectivity index (χ2v) is 4.19. The highest BCUT2D eigenvalue weighted by atomic mass is 16.8. The van der Waals surface area contributed by atoms with E-state index in [1.165, 1.54) is 0 Å². The first-order chi connectivity index (χ1) is 7.76. The third-order valence-electron chi connectivity index (χ3n) is 1.90. The first-order valence-corrected chi connectivity index (χ1v) is 5.35. The minimum atomic E-state index is -0.890. The number of nitrogens with one attached hydrogen (secondary N) is 1. The Hall–Kier alpha value is -1.50. The van der Waals surface area contributed by atoms with Crippen molar-refractivity contribution in [3.8, 4) is 0 Å². The van der Waals surface area contributed by atoms with Crippen LogP contribution >= 0.6 is 0 Å². The van der Waals surface area contributed by atoms with Gasteiger partial charge in [-0.25, -0.2) is 9.59 Å². The molecule has 0 saturated carbocycles. The molecule has 7 nitrogen and oxygen atoms in total. The number of carbonyl (C=O) groups is 2. The Kier molecular flexibility index (Phi) is 6.34. The molecule has 0 bridgehead atoms. The maximum absolute atomic E-state index is 11.1. The smallest absolute Gasteiger partial charge is 0.442 e. The molecule has 17 heavy (non-hydrogen) atoms. The molecule has 100 valence electrons. The topological polar surface area (TPSA) is 99.9 Å². The SMILES string of the molecule is CCC(C)OC(=O)ONCC(C)(C)OC(N)=O. The number of hydrogen-bond donors (Lipinski definition) is 2. The van der Waals surface area contributed by atoms with E-state index in [9.17, 15) is 9.59 Å². The maximum Gasteiger partial charge on any atom is 0.527 e. The number of ether oxygens (including phenoxy) is 2. The van der Waals surface area contributed by atoms with Gasteiger partial charge in [0.2, 0.25) is 0 Å². The van der Waals surface area contributed by atoms with Gasteiger partial charge in [-0.3, -0.25) is 0 Å². The summed E-state index contributed by atoms with van der Waals surface area (Å²) in [5, 5.41) is 0. The van der Waals surface area contributed by atoms with E-state index in [2.05, 4.69) is 10.3 Å². The summed E-state index contributed by atoms with van der Waals surface area (Å²) in [4.78, 5) is 26.2. The molecule has 0 aliphatic rings. The van der Waals surface area contributed by atoms with Crippen LogP contribution in [0.3, 0.4) is 0 Å². The van der Waals surface area contributed by atoms with E-state index in [4.69, 9.17) is 15.2 Å². The molecule has 0 spiro atoms. The van der Waals surface area contributed by atoms with Crippen molar-refractivity contribution in [2.45, 2.75) is 45.8 Å². The van der Waals surface area contributed by atoms with Crippen LogP contribution in [0.4, 0.5) is 9.59 Å². The molecule has 0 radical (unpaired) electrons. The number of amides is 1. The number of rotatable bonds is 6. The predicted octanol–water partition coefficient (Wildman–Crippen LogP) is 1.32. The van der Waals surface area contributed by atoms with Crippen molar-refractivity contribution in [2.75, 3.05) is 6.54 Å². The lowest BCUT2D eigenvalue weighted by Crippen LogP contribution is -2.41. The van der Waals surface area contributed by atoms with Gasteiger partial charge in [0.15, 0.2) is 0 Å². The van der Waals surface area contributed by atoms with Crippen molar-refractivity contribution in [1.29, 1.82) is 0 Å². The third kappa shape index (κ3) is 8.32. The standard InChI is InChI=1S/C10H20N2O5/c1-5-7(2)15-9(14)17-12-6-10(3,4)16-8(11)13/h7,12H,5-6H2,1-4H3,(H2,11,13). The lowest BCUT2D eigenvalue weighted by molar-refractivity contribution is -0.0302. The summed E-state index contributed by atoms with van der Waals surface area (Å²) in [6.07, 6.45) is -1.22. The van der Waals surface area contributed by atoms with Crippen molar-refractivity contribution in [2.24, 2.45) is 5.73 Å². The number of hydroxylamine groups is 1. The lowest BCUT2D eigenvalue weighted by atomic mass is 10.1. The fourth-order valence-electron chi connectivity index (χ4n) is 0.849. The average Bonchev–Trinajstić information content (AvgIpc) is 2.14. The molecule has 0 heterocycles. The van der Waals surface area contributed by atoms with E-state index in [0.29, 0.717) is 6.42 Å². The van der Waals surface area contributed by atoms with Crippen LogP contribution in [0.25, 0.3) is 0 Å². The number of primary amides is 1. The van der Waals surface area contributed by atoms with Gasteiger partial charge in [0.25, 0.3) is 0 Å². The van der Waals surface area contributed by atoms with Gasteiger partial charge >= 0.3 is 12.2 Å². The molecule has 0 fully saturated rings. The zero-order chi connectivity index (χ0) is 13.5. The Morgan fingerprint density at radius 1 is 1.41 bits per heavy atom. The van der Waals surface area contributed by atoms with Crippen LogP contribution in [0.15, 0.2) is 0 Å². The molecule has 0 aromatic rings. The molecular weight excluding hydrogens is 228 g/mol. The first kappa shape index (κ1) is 15.5. The van der Waals surface area contributed by atoms with Gasteiger partial charge in [0.1, 0.15) is 11.7 Å². The highest BCUT2D eigenvalue weighted by molar-refractivity contribution is 5.65. The number of nitrogens with two attached hydrogens (primary N) is 1. The second kappa shape index (κ2) is 6.95. The van der Waals surface area contributed by atoms with Gasteiger partial charge in [-0.1, -0.05) is 6.92 Å². The van der Waals surface area contributed by atoms with E-state index in [1.54, 1.807) is 20.8 Å². The Bertz CT molecular complexity index is 267. The third-order valence-corrected chi connectivity index (χ3v) is 1.90. The van der Waals surface area contributed by atoms with Crippen LogP contribution in [0.2, 0.25) is 0 Å². The van der Waals surface area contributed by atoms with Crippen LogP contribution < -0.4 is 11.2 Å². The minimum absolute atomic E-state index is 0.103. The Labute approximate surface area is 101 Å². The maximum atomic E-state index is 11.1. The van der Waals surface area contributed by atoms with E-state index in [1.807, 2.05) is 6.92 Å². The summed E-state index contributed by atoms with van der Waals surface area (Å²) in [6, 6.07) is 0. The summed E-state index contributed by atoms with van der Waals surface area (Å²) in [6.45, 7) is 6.98.